The number of para-hydroxylation sites is 2. The molecule has 0 saturated carbocycles. The Balaban J connectivity index is 1.32. The molecule has 7 nitrogen and oxygen atoms in total. The lowest BCUT2D eigenvalue weighted by molar-refractivity contribution is -0.142. The average molecular weight is 405 g/mol. The van der Waals surface area contributed by atoms with Gasteiger partial charge >= 0.3 is 0 Å². The highest BCUT2D eigenvalue weighted by Gasteiger charge is 2.33. The minimum atomic E-state index is -2.76. The van der Waals surface area contributed by atoms with Crippen molar-refractivity contribution in [2.24, 2.45) is 5.92 Å². The number of ether oxygens (including phenoxy) is 2. The SMILES string of the molecule is O=C(C1COc2ccccc2O1)N1CCC(Cn2cnc(C(F)F)cc2=O)CC1. The van der Waals surface area contributed by atoms with Crippen molar-refractivity contribution in [3.8, 4) is 11.5 Å². The van der Waals surface area contributed by atoms with Gasteiger partial charge in [-0.05, 0) is 30.9 Å². The summed E-state index contributed by atoms with van der Waals surface area (Å²) in [5, 5.41) is 0. The summed E-state index contributed by atoms with van der Waals surface area (Å²) in [6.07, 6.45) is -0.844. The van der Waals surface area contributed by atoms with Crippen molar-refractivity contribution in [1.82, 2.24) is 14.5 Å². The van der Waals surface area contributed by atoms with Crippen LogP contribution in [0.15, 0.2) is 41.5 Å². The number of aromatic nitrogens is 2. The zero-order chi connectivity index (χ0) is 20.4. The van der Waals surface area contributed by atoms with Gasteiger partial charge in [0.2, 0.25) is 6.10 Å². The number of rotatable bonds is 4. The molecule has 154 valence electrons. The number of likely N-dealkylation sites (tertiary alicyclic amines) is 1. The Bertz CT molecular complexity index is 941. The molecular weight excluding hydrogens is 384 g/mol. The van der Waals surface area contributed by atoms with Crippen LogP contribution in [-0.2, 0) is 11.3 Å². The molecule has 0 bridgehead atoms. The van der Waals surface area contributed by atoms with E-state index in [9.17, 15) is 18.4 Å². The Morgan fingerprint density at radius 3 is 2.62 bits per heavy atom. The van der Waals surface area contributed by atoms with E-state index in [1.165, 1.54) is 10.9 Å². The third-order valence-electron chi connectivity index (χ3n) is 5.29. The van der Waals surface area contributed by atoms with Crippen LogP contribution in [0.4, 0.5) is 8.78 Å². The first kappa shape index (κ1) is 19.4. The zero-order valence-corrected chi connectivity index (χ0v) is 15.7. The maximum atomic E-state index is 12.8. The Labute approximate surface area is 165 Å². The lowest BCUT2D eigenvalue weighted by Gasteiger charge is -2.35. The van der Waals surface area contributed by atoms with Crippen molar-refractivity contribution in [3.05, 3.63) is 52.7 Å². The summed E-state index contributed by atoms with van der Waals surface area (Å²) >= 11 is 0. The number of hydrogen-bond acceptors (Lipinski definition) is 5. The number of piperidine rings is 1. The molecule has 4 rings (SSSR count). The lowest BCUT2D eigenvalue weighted by atomic mass is 9.96. The number of halogens is 2. The van der Waals surface area contributed by atoms with Crippen molar-refractivity contribution in [1.29, 1.82) is 0 Å². The molecule has 0 radical (unpaired) electrons. The summed E-state index contributed by atoms with van der Waals surface area (Å²) in [5.41, 5.74) is -0.997. The number of benzene rings is 1. The molecule has 1 fully saturated rings. The second-order valence-electron chi connectivity index (χ2n) is 7.24. The van der Waals surface area contributed by atoms with E-state index in [0.29, 0.717) is 44.0 Å². The van der Waals surface area contributed by atoms with Gasteiger partial charge in [-0.25, -0.2) is 13.8 Å². The van der Waals surface area contributed by atoms with E-state index in [1.807, 2.05) is 12.1 Å². The Morgan fingerprint density at radius 1 is 1.21 bits per heavy atom. The van der Waals surface area contributed by atoms with E-state index in [2.05, 4.69) is 4.98 Å². The predicted octanol–water partition coefficient (Wildman–Crippen LogP) is 2.26. The highest BCUT2D eigenvalue weighted by atomic mass is 19.3. The number of fused-ring (bicyclic) bond motifs is 1. The number of alkyl halides is 2. The molecular formula is C20H21F2N3O4. The quantitative estimate of drug-likeness (QED) is 0.780. The van der Waals surface area contributed by atoms with Gasteiger partial charge < -0.3 is 14.4 Å². The van der Waals surface area contributed by atoms with Crippen LogP contribution in [0.2, 0.25) is 0 Å². The summed E-state index contributed by atoms with van der Waals surface area (Å²) in [6, 6.07) is 8.11. The Hall–Kier alpha value is -2.97. The second kappa shape index (κ2) is 8.18. The van der Waals surface area contributed by atoms with Crippen LogP contribution in [0.3, 0.4) is 0 Å². The molecule has 1 amide bonds. The normalized spacial score (nSPS) is 19.4. The first-order valence-corrected chi connectivity index (χ1v) is 9.53. The molecule has 1 atom stereocenters. The largest absolute Gasteiger partial charge is 0.485 e. The lowest BCUT2D eigenvalue weighted by Crippen LogP contribution is -2.49. The van der Waals surface area contributed by atoms with Gasteiger partial charge in [0.15, 0.2) is 11.5 Å². The molecule has 0 spiro atoms. The summed E-state index contributed by atoms with van der Waals surface area (Å²) in [7, 11) is 0. The maximum absolute atomic E-state index is 12.8. The van der Waals surface area contributed by atoms with E-state index >= 15 is 0 Å². The zero-order valence-electron chi connectivity index (χ0n) is 15.7. The third-order valence-corrected chi connectivity index (χ3v) is 5.29. The number of carbonyl (C=O) groups is 1. The highest BCUT2D eigenvalue weighted by molar-refractivity contribution is 5.82. The van der Waals surface area contributed by atoms with Crippen molar-refractivity contribution in [2.45, 2.75) is 31.9 Å². The molecule has 0 aliphatic carbocycles. The van der Waals surface area contributed by atoms with Gasteiger partial charge in [0, 0.05) is 25.7 Å². The summed E-state index contributed by atoms with van der Waals surface area (Å²) in [4.78, 5) is 30.2. The fourth-order valence-corrected chi connectivity index (χ4v) is 3.66. The van der Waals surface area contributed by atoms with Gasteiger partial charge in [-0.1, -0.05) is 12.1 Å². The van der Waals surface area contributed by atoms with Crippen LogP contribution in [-0.4, -0.2) is 46.2 Å². The summed E-state index contributed by atoms with van der Waals surface area (Å²) in [5.74, 6) is 1.25. The average Bonchev–Trinajstić information content (AvgIpc) is 2.74. The van der Waals surface area contributed by atoms with Gasteiger partial charge in [-0.2, -0.15) is 0 Å². The highest BCUT2D eigenvalue weighted by Crippen LogP contribution is 2.31. The van der Waals surface area contributed by atoms with Crippen LogP contribution in [0.5, 0.6) is 11.5 Å². The predicted molar refractivity (Wildman–Crippen MR) is 99.1 cm³/mol. The number of carbonyl (C=O) groups excluding carboxylic acids is 1. The van der Waals surface area contributed by atoms with Crippen LogP contribution in [0.1, 0.15) is 25.0 Å². The van der Waals surface area contributed by atoms with Gasteiger partial charge in [0.25, 0.3) is 17.9 Å². The molecule has 1 aromatic carbocycles. The van der Waals surface area contributed by atoms with Crippen LogP contribution >= 0.6 is 0 Å². The van der Waals surface area contributed by atoms with Crippen LogP contribution in [0.25, 0.3) is 0 Å². The molecule has 1 aromatic heterocycles. The third kappa shape index (κ3) is 4.23. The first-order valence-electron chi connectivity index (χ1n) is 9.53. The standard InChI is InChI=1S/C20H21F2N3O4/c21-19(22)14-9-18(26)25(12-23-14)10-13-5-7-24(8-6-13)20(27)17-11-28-15-3-1-2-4-16(15)29-17/h1-4,9,12-13,17,19H,5-8,10-11H2. The van der Waals surface area contributed by atoms with Gasteiger partial charge in [0.05, 0.1) is 6.33 Å². The molecule has 2 aliphatic heterocycles. The van der Waals surface area contributed by atoms with Crippen molar-refractivity contribution in [3.63, 3.8) is 0 Å². The molecule has 3 heterocycles. The van der Waals surface area contributed by atoms with Gasteiger partial charge in [-0.15, -0.1) is 0 Å². The minimum Gasteiger partial charge on any atom is -0.485 e. The maximum Gasteiger partial charge on any atom is 0.280 e. The molecule has 2 aromatic rings. The van der Waals surface area contributed by atoms with E-state index in [1.54, 1.807) is 17.0 Å². The van der Waals surface area contributed by atoms with Crippen molar-refractivity contribution < 1.29 is 23.0 Å². The van der Waals surface area contributed by atoms with E-state index in [0.717, 1.165) is 6.07 Å². The Kier molecular flexibility index (Phi) is 5.46. The van der Waals surface area contributed by atoms with E-state index < -0.39 is 23.8 Å². The van der Waals surface area contributed by atoms with Crippen LogP contribution < -0.4 is 15.0 Å². The van der Waals surface area contributed by atoms with Gasteiger partial charge in [-0.3, -0.25) is 14.2 Å². The smallest absolute Gasteiger partial charge is 0.280 e. The fraction of sp³-hybridized carbons (Fsp3) is 0.450. The molecule has 9 heteroatoms. The summed E-state index contributed by atoms with van der Waals surface area (Å²) < 4.78 is 38.0. The molecule has 2 aliphatic rings. The van der Waals surface area contributed by atoms with E-state index in [4.69, 9.17) is 9.47 Å². The molecule has 1 saturated heterocycles. The minimum absolute atomic E-state index is 0.113. The second-order valence-corrected chi connectivity index (χ2v) is 7.24. The van der Waals surface area contributed by atoms with Crippen LogP contribution in [0, 0.1) is 5.92 Å². The first-order chi connectivity index (χ1) is 14.0. The summed E-state index contributed by atoms with van der Waals surface area (Å²) in [6.45, 7) is 1.66. The number of nitrogens with zero attached hydrogens (tertiary/aromatic N) is 3. The van der Waals surface area contributed by atoms with Crippen molar-refractivity contribution in [2.75, 3.05) is 19.7 Å². The fourth-order valence-electron chi connectivity index (χ4n) is 3.66. The number of hydrogen-bond donors (Lipinski definition) is 0. The topological polar surface area (TPSA) is 73.7 Å². The Morgan fingerprint density at radius 2 is 1.93 bits per heavy atom. The molecule has 1 unspecified atom stereocenters. The molecule has 29 heavy (non-hydrogen) atoms. The molecule has 0 N–H and O–H groups in total. The van der Waals surface area contributed by atoms with Crippen molar-refractivity contribution >= 4 is 5.91 Å². The van der Waals surface area contributed by atoms with E-state index in [-0.39, 0.29) is 18.4 Å². The number of amides is 1. The van der Waals surface area contributed by atoms with Gasteiger partial charge in [0.1, 0.15) is 12.3 Å². The monoisotopic (exact) mass is 405 g/mol.